The van der Waals surface area contributed by atoms with Crippen LogP contribution in [-0.2, 0) is 0 Å². The molecule has 0 aliphatic rings. The fraction of sp³-hybridized carbons (Fsp3) is 0. The summed E-state index contributed by atoms with van der Waals surface area (Å²) < 4.78 is 59.6. The van der Waals surface area contributed by atoms with Gasteiger partial charge in [-0.15, -0.1) is 0 Å². The topological polar surface area (TPSA) is 0 Å². The Morgan fingerprint density at radius 2 is 0.571 bits per heavy atom. The van der Waals surface area contributed by atoms with E-state index in [0.29, 0.717) is 0 Å². The van der Waals surface area contributed by atoms with Crippen LogP contribution in [0.4, 0.5) is 13.9 Å². The van der Waals surface area contributed by atoms with Crippen LogP contribution in [0.3, 0.4) is 0 Å². The molecular weight excluding hydrogens is 358 g/mol. The summed E-state index contributed by atoms with van der Waals surface area (Å²) in [6, 6.07) is 0. The molecule has 0 fully saturated rings. The van der Waals surface area contributed by atoms with Gasteiger partial charge in [0.05, 0.1) is 0 Å². The SMILES string of the molecule is [F][Pu]([F])([F])([F])([F])[F]. The van der Waals surface area contributed by atoms with Crippen molar-refractivity contribution in [2.24, 2.45) is 0 Å². The van der Waals surface area contributed by atoms with Crippen LogP contribution in [0, 0.1) is 23.4 Å². The second kappa shape index (κ2) is 0.840. The van der Waals surface area contributed by atoms with Crippen molar-refractivity contribution in [3.63, 3.8) is 0 Å². The van der Waals surface area contributed by atoms with Gasteiger partial charge in [-0.2, -0.15) is 0 Å². The molecule has 0 unspecified atom stereocenters. The minimum atomic E-state index is -11.4. The van der Waals surface area contributed by atoms with Crippen LogP contribution >= 0.6 is 0 Å². The van der Waals surface area contributed by atoms with E-state index in [0.717, 1.165) is 0 Å². The molecule has 0 amide bonds. The van der Waals surface area contributed by atoms with Gasteiger partial charge in [-0.05, 0) is 0 Å². The predicted octanol–water partition coefficient (Wildman–Crippen LogP) is 2.52. The quantitative estimate of drug-likeness (QED) is 0.584. The number of hydrogen-bond donors (Lipinski definition) is 0. The van der Waals surface area contributed by atoms with E-state index in [1.165, 1.54) is 0 Å². The Hall–Kier alpha value is 0.567. The third-order valence-electron chi connectivity index (χ3n) is 0. The van der Waals surface area contributed by atoms with Gasteiger partial charge in [-0.1, -0.05) is 0 Å². The average Bonchev–Trinajstić information content (AvgIpc) is 0.592. The van der Waals surface area contributed by atoms with Crippen LogP contribution in [0.25, 0.3) is 0 Å². The molecule has 0 N–H and O–H groups in total. The Morgan fingerprint density at radius 1 is 0.571 bits per heavy atom. The third-order valence-corrected chi connectivity index (χ3v) is 0. The normalized spacial score (nSPS) is 23.1. The molecule has 0 aliphatic heterocycles. The van der Waals surface area contributed by atoms with Gasteiger partial charge in [0.1, 0.15) is 0 Å². The van der Waals surface area contributed by atoms with Gasteiger partial charge in [0.15, 0.2) is 0 Å². The standard InChI is InChI=1S/6FH.Pu/h6*1H;/q;;;;;;+6/p-6. The third kappa shape index (κ3) is 426. The van der Waals surface area contributed by atoms with Crippen molar-refractivity contribution in [1.29, 1.82) is 0 Å². The summed E-state index contributed by atoms with van der Waals surface area (Å²) in [5, 5.41) is 0. The first kappa shape index (κ1) is 7.57. The van der Waals surface area contributed by atoms with Gasteiger partial charge in [0, 0.05) is 0 Å². The van der Waals surface area contributed by atoms with Crippen molar-refractivity contribution in [2.75, 3.05) is 0 Å². The summed E-state index contributed by atoms with van der Waals surface area (Å²) in [4.78, 5) is 0. The van der Waals surface area contributed by atoms with E-state index >= 15 is 0 Å². The molecule has 0 rings (SSSR count). The van der Waals surface area contributed by atoms with Gasteiger partial charge < -0.3 is 0 Å². The van der Waals surface area contributed by atoms with E-state index in [1.54, 1.807) is 0 Å². The predicted molar refractivity (Wildman–Crippen MR) is 6.65 cm³/mol. The van der Waals surface area contributed by atoms with Crippen LogP contribution < -0.4 is 0 Å². The monoisotopic (exact) mass is 352 g/mol. The van der Waals surface area contributed by atoms with Crippen LogP contribution in [0.5, 0.6) is 0 Å². The molecule has 0 bridgehead atoms. The van der Waals surface area contributed by atoms with Crippen LogP contribution in [0.2, 0.25) is 0 Å². The van der Waals surface area contributed by atoms with Crippen LogP contribution in [0.1, 0.15) is 0 Å². The Bertz CT molecular complexity index is 62.7. The molecule has 0 aromatic rings. The summed E-state index contributed by atoms with van der Waals surface area (Å²) in [7, 11) is 0. The van der Waals surface area contributed by atoms with E-state index in [9.17, 15) is 13.9 Å². The van der Waals surface area contributed by atoms with Crippen molar-refractivity contribution < 1.29 is 37.3 Å². The summed E-state index contributed by atoms with van der Waals surface area (Å²) in [6.07, 6.45) is 0. The first-order valence-corrected chi connectivity index (χ1v) is 8.64. The second-order valence-electron chi connectivity index (χ2n) is 0.875. The fourth-order valence-electron chi connectivity index (χ4n) is 0. The van der Waals surface area contributed by atoms with Crippen molar-refractivity contribution in [2.45, 2.75) is 0 Å². The Balaban J connectivity index is 4.43. The van der Waals surface area contributed by atoms with Gasteiger partial charge in [-0.3, -0.25) is 0 Å². The van der Waals surface area contributed by atoms with Crippen molar-refractivity contribution >= 4 is 0 Å². The van der Waals surface area contributed by atoms with E-state index in [1.807, 2.05) is 0 Å². The van der Waals surface area contributed by atoms with Crippen LogP contribution in [0.15, 0.2) is 0 Å². The zero-order chi connectivity index (χ0) is 6.41. The molecule has 0 nitrogen and oxygen atoms in total. The summed E-state index contributed by atoms with van der Waals surface area (Å²) in [6.45, 7) is 0. The van der Waals surface area contributed by atoms with Crippen molar-refractivity contribution in [3.05, 3.63) is 0 Å². The molecule has 0 aliphatic carbocycles. The maximum atomic E-state index is 9.94. The molecule has 0 heterocycles. The average molecular weight is 358 g/mol. The van der Waals surface area contributed by atoms with E-state index in [2.05, 4.69) is 0 Å². The molecule has 0 saturated heterocycles. The van der Waals surface area contributed by atoms with Crippen molar-refractivity contribution in [1.82, 2.24) is 0 Å². The summed E-state index contributed by atoms with van der Waals surface area (Å²) in [5.41, 5.74) is 0. The molecule has 0 saturated carbocycles. The summed E-state index contributed by atoms with van der Waals surface area (Å²) >= 11 is -11.4. The van der Waals surface area contributed by atoms with E-state index in [-0.39, 0.29) is 0 Å². The van der Waals surface area contributed by atoms with Gasteiger partial charge in [-0.25, -0.2) is 0 Å². The Kier molecular flexibility index (Phi) is 0.908. The molecular formula is F6Pu. The molecule has 0 atom stereocenters. The van der Waals surface area contributed by atoms with Crippen molar-refractivity contribution in [3.8, 4) is 0 Å². The molecule has 0 aromatic heterocycles. The molecule has 0 spiro atoms. The van der Waals surface area contributed by atoms with Gasteiger partial charge in [0.25, 0.3) is 0 Å². The van der Waals surface area contributed by atoms with Gasteiger partial charge >= 0.3 is 37.3 Å². The van der Waals surface area contributed by atoms with E-state index in [4.69, 9.17) is 0 Å². The first-order valence-electron chi connectivity index (χ1n) is 0.926. The Labute approximate surface area is 37.7 Å². The first-order chi connectivity index (χ1) is 2.45. The van der Waals surface area contributed by atoms with Gasteiger partial charge in [0.2, 0.25) is 0 Å². The summed E-state index contributed by atoms with van der Waals surface area (Å²) in [5.74, 6) is 0. The zero-order valence-corrected chi connectivity index (χ0v) is 6.08. The molecule has 7 heteroatoms. The number of halogens is 6. The molecule has 48 valence electrons. The zero-order valence-electron chi connectivity index (χ0n) is 2.68. The Morgan fingerprint density at radius 3 is 0.571 bits per heavy atom. The molecule has 0 radical (unpaired) electrons. The van der Waals surface area contributed by atoms with E-state index < -0.39 is 23.4 Å². The molecule has 7 heavy (non-hydrogen) atoms. The fourth-order valence-corrected chi connectivity index (χ4v) is 0. The molecule has 0 aromatic carbocycles. The number of rotatable bonds is 0. The maximum absolute atomic E-state index is 11.4. The minimum absolute atomic E-state index is 9.94. The number of hydrogen-bond acceptors (Lipinski definition) is 0. The van der Waals surface area contributed by atoms with Crippen LogP contribution in [-0.4, -0.2) is 0 Å². The second-order valence-corrected chi connectivity index (χ2v) is 8.16.